The van der Waals surface area contributed by atoms with E-state index in [0.29, 0.717) is 35.4 Å². The average molecular weight is 461 g/mol. The molecule has 2 aliphatic heterocycles. The number of rotatable bonds is 7. The highest BCUT2D eigenvalue weighted by atomic mass is 16.5. The van der Waals surface area contributed by atoms with Gasteiger partial charge >= 0.3 is 0 Å². The Labute approximate surface area is 195 Å². The molecular formula is C24H23N5O5. The lowest BCUT2D eigenvalue weighted by molar-refractivity contribution is -0.123. The highest BCUT2D eigenvalue weighted by Gasteiger charge is 2.54. The van der Waals surface area contributed by atoms with Gasteiger partial charge in [-0.05, 0) is 62.4 Å². The van der Waals surface area contributed by atoms with E-state index in [4.69, 9.17) is 13.9 Å². The molecule has 10 nitrogen and oxygen atoms in total. The van der Waals surface area contributed by atoms with Crippen LogP contribution in [0.1, 0.15) is 18.4 Å². The molecule has 2 aromatic carbocycles. The number of amides is 2. The third-order valence-electron chi connectivity index (χ3n) is 5.81. The van der Waals surface area contributed by atoms with Crippen molar-refractivity contribution < 1.29 is 23.5 Å². The molecule has 1 aromatic heterocycles. The van der Waals surface area contributed by atoms with Crippen molar-refractivity contribution in [2.24, 2.45) is 10.3 Å². The van der Waals surface area contributed by atoms with Gasteiger partial charge < -0.3 is 13.9 Å². The summed E-state index contributed by atoms with van der Waals surface area (Å²) in [6.07, 6.45) is 0. The standard InChI is InChI=1S/C24H23N5O5/c1-4-33-18-9-5-15(6-10-18)22-25-19(14(2)34-22)13-28-21-20(26-27-28)23(30)29(24(21)31)16-7-11-17(32-3)12-8-16/h5-12,20-21H,4,13H2,1-3H3/t20-,21-/m1/s1. The Kier molecular flexibility index (Phi) is 5.48. The molecule has 3 heterocycles. The van der Waals surface area contributed by atoms with E-state index in [1.54, 1.807) is 38.3 Å². The van der Waals surface area contributed by atoms with E-state index in [1.165, 1.54) is 5.01 Å². The average Bonchev–Trinajstić information content (AvgIpc) is 3.50. The Bertz CT molecular complexity index is 1250. The summed E-state index contributed by atoms with van der Waals surface area (Å²) >= 11 is 0. The van der Waals surface area contributed by atoms with Gasteiger partial charge in [0.15, 0.2) is 12.1 Å². The Balaban J connectivity index is 1.34. The van der Waals surface area contributed by atoms with E-state index >= 15 is 0 Å². The van der Waals surface area contributed by atoms with Crippen LogP contribution in [-0.2, 0) is 16.1 Å². The van der Waals surface area contributed by atoms with Gasteiger partial charge in [-0.25, -0.2) is 9.88 Å². The first-order chi connectivity index (χ1) is 16.5. The number of ether oxygens (including phenoxy) is 2. The molecule has 1 fully saturated rings. The zero-order valence-electron chi connectivity index (χ0n) is 19.0. The van der Waals surface area contributed by atoms with Crippen molar-refractivity contribution in [3.63, 3.8) is 0 Å². The Morgan fingerprint density at radius 3 is 2.38 bits per heavy atom. The number of methoxy groups -OCH3 is 1. The van der Waals surface area contributed by atoms with Crippen LogP contribution in [0.25, 0.3) is 11.5 Å². The molecule has 0 saturated carbocycles. The Morgan fingerprint density at radius 1 is 1.00 bits per heavy atom. The smallest absolute Gasteiger partial charge is 0.263 e. The molecule has 0 aliphatic carbocycles. The molecule has 174 valence electrons. The second-order valence-corrected chi connectivity index (χ2v) is 7.88. The molecule has 0 radical (unpaired) electrons. The Hall–Kier alpha value is -4.21. The summed E-state index contributed by atoms with van der Waals surface area (Å²) in [5, 5.41) is 9.68. The largest absolute Gasteiger partial charge is 0.497 e. The van der Waals surface area contributed by atoms with E-state index < -0.39 is 18.0 Å². The van der Waals surface area contributed by atoms with Crippen molar-refractivity contribution in [1.29, 1.82) is 0 Å². The summed E-state index contributed by atoms with van der Waals surface area (Å²) in [6.45, 7) is 4.50. The third-order valence-corrected chi connectivity index (χ3v) is 5.81. The van der Waals surface area contributed by atoms with Gasteiger partial charge in [0.1, 0.15) is 23.0 Å². The number of carbonyl (C=O) groups excluding carboxylic acids is 2. The lowest BCUT2D eigenvalue weighted by atomic mass is 10.1. The number of aryl methyl sites for hydroxylation is 1. The fraction of sp³-hybridized carbons (Fsp3) is 0.292. The van der Waals surface area contributed by atoms with Gasteiger partial charge in [0.05, 0.1) is 25.9 Å². The molecule has 3 aromatic rings. The molecule has 0 N–H and O–H groups in total. The second-order valence-electron chi connectivity index (χ2n) is 7.88. The van der Waals surface area contributed by atoms with Gasteiger partial charge in [0, 0.05) is 5.56 Å². The highest BCUT2D eigenvalue weighted by Crippen LogP contribution is 2.34. The molecule has 0 spiro atoms. The molecule has 1 saturated heterocycles. The maximum absolute atomic E-state index is 13.2. The number of anilines is 1. The van der Waals surface area contributed by atoms with E-state index in [1.807, 2.05) is 31.2 Å². The molecule has 0 unspecified atom stereocenters. The number of carbonyl (C=O) groups is 2. The number of hydrogen-bond acceptors (Lipinski definition) is 9. The normalized spacial score (nSPS) is 19.1. The van der Waals surface area contributed by atoms with E-state index in [9.17, 15) is 9.59 Å². The van der Waals surface area contributed by atoms with Crippen molar-refractivity contribution in [3.05, 3.63) is 60.0 Å². The van der Waals surface area contributed by atoms with Crippen LogP contribution in [0.3, 0.4) is 0 Å². The highest BCUT2D eigenvalue weighted by molar-refractivity contribution is 6.25. The van der Waals surface area contributed by atoms with Gasteiger partial charge in [-0.15, -0.1) is 0 Å². The van der Waals surface area contributed by atoms with E-state index in [2.05, 4.69) is 15.3 Å². The van der Waals surface area contributed by atoms with Gasteiger partial charge in [0.25, 0.3) is 11.8 Å². The topological polar surface area (TPSA) is 110 Å². The predicted molar refractivity (Wildman–Crippen MR) is 121 cm³/mol. The van der Waals surface area contributed by atoms with Crippen LogP contribution in [0.5, 0.6) is 11.5 Å². The van der Waals surface area contributed by atoms with Gasteiger partial charge in [-0.3, -0.25) is 14.6 Å². The number of imide groups is 1. The number of hydrogen-bond donors (Lipinski definition) is 0. The molecule has 2 amide bonds. The number of benzene rings is 2. The minimum Gasteiger partial charge on any atom is -0.497 e. The number of nitrogens with zero attached hydrogens (tertiary/aromatic N) is 5. The SMILES string of the molecule is CCOc1ccc(-c2nc(CN3N=N[C@H]4C(=O)N(c5ccc(OC)cc5)C(=O)[C@@H]43)c(C)o2)cc1. The van der Waals surface area contributed by atoms with Crippen molar-refractivity contribution >= 4 is 17.5 Å². The monoisotopic (exact) mass is 461 g/mol. The molecule has 10 heteroatoms. The summed E-state index contributed by atoms with van der Waals surface area (Å²) in [7, 11) is 1.55. The fourth-order valence-electron chi connectivity index (χ4n) is 4.05. The van der Waals surface area contributed by atoms with E-state index in [0.717, 1.165) is 16.2 Å². The molecule has 5 rings (SSSR count). The summed E-state index contributed by atoms with van der Waals surface area (Å²) < 4.78 is 16.5. The van der Waals surface area contributed by atoms with Crippen LogP contribution in [0.2, 0.25) is 0 Å². The summed E-state index contributed by atoms with van der Waals surface area (Å²) in [5.41, 5.74) is 1.89. The van der Waals surface area contributed by atoms with Crippen LogP contribution in [0.4, 0.5) is 5.69 Å². The maximum atomic E-state index is 13.2. The van der Waals surface area contributed by atoms with Crippen molar-refractivity contribution in [2.75, 3.05) is 18.6 Å². The fourth-order valence-corrected chi connectivity index (χ4v) is 4.05. The quantitative estimate of drug-likeness (QED) is 0.495. The number of aromatic nitrogens is 1. The van der Waals surface area contributed by atoms with Crippen LogP contribution >= 0.6 is 0 Å². The zero-order chi connectivity index (χ0) is 23.8. The predicted octanol–water partition coefficient (Wildman–Crippen LogP) is 3.55. The summed E-state index contributed by atoms with van der Waals surface area (Å²) in [5.74, 6) is 1.68. The van der Waals surface area contributed by atoms with Crippen LogP contribution in [0.15, 0.2) is 63.3 Å². The van der Waals surface area contributed by atoms with Crippen LogP contribution < -0.4 is 14.4 Å². The Morgan fingerprint density at radius 2 is 1.71 bits per heavy atom. The number of oxazole rings is 1. The summed E-state index contributed by atoms with van der Waals surface area (Å²) in [4.78, 5) is 31.9. The van der Waals surface area contributed by atoms with Gasteiger partial charge in [-0.2, -0.15) is 5.11 Å². The van der Waals surface area contributed by atoms with Gasteiger partial charge in [-0.1, -0.05) is 5.22 Å². The minimum absolute atomic E-state index is 0.187. The van der Waals surface area contributed by atoms with Crippen molar-refractivity contribution in [3.8, 4) is 23.0 Å². The summed E-state index contributed by atoms with van der Waals surface area (Å²) in [6, 6.07) is 12.5. The molecule has 2 atom stereocenters. The van der Waals surface area contributed by atoms with E-state index in [-0.39, 0.29) is 12.5 Å². The lowest BCUT2D eigenvalue weighted by Gasteiger charge is -2.20. The zero-order valence-corrected chi connectivity index (χ0v) is 19.0. The molecule has 34 heavy (non-hydrogen) atoms. The van der Waals surface area contributed by atoms with Crippen LogP contribution in [-0.4, -0.2) is 47.6 Å². The van der Waals surface area contributed by atoms with Crippen LogP contribution in [0, 0.1) is 6.92 Å². The third kappa shape index (κ3) is 3.66. The van der Waals surface area contributed by atoms with Crippen molar-refractivity contribution in [2.45, 2.75) is 32.5 Å². The maximum Gasteiger partial charge on any atom is 0.263 e. The van der Waals surface area contributed by atoms with Crippen molar-refractivity contribution in [1.82, 2.24) is 9.99 Å². The lowest BCUT2D eigenvalue weighted by Crippen LogP contribution is -2.39. The molecule has 0 bridgehead atoms. The minimum atomic E-state index is -0.882. The first-order valence-electron chi connectivity index (χ1n) is 10.9. The van der Waals surface area contributed by atoms with Gasteiger partial charge in [0.2, 0.25) is 5.89 Å². The second kappa shape index (κ2) is 8.62. The first kappa shape index (κ1) is 21.6. The molecular weight excluding hydrogens is 438 g/mol. The first-order valence-corrected chi connectivity index (χ1v) is 10.9. The molecule has 2 aliphatic rings. The number of fused-ring (bicyclic) bond motifs is 1.